The van der Waals surface area contributed by atoms with Gasteiger partial charge in [-0.15, -0.1) is 35.3 Å². The number of halogens is 1. The Bertz CT molecular complexity index is 678. The van der Waals surface area contributed by atoms with Crippen molar-refractivity contribution in [2.24, 2.45) is 12.0 Å². The highest BCUT2D eigenvalue weighted by atomic mass is 127. The molecule has 0 amide bonds. The number of nitrogens with zero attached hydrogens (tertiary/aromatic N) is 3. The fourth-order valence-electron chi connectivity index (χ4n) is 2.82. The van der Waals surface area contributed by atoms with Gasteiger partial charge in [0.25, 0.3) is 0 Å². The van der Waals surface area contributed by atoms with Gasteiger partial charge < -0.3 is 10.6 Å². The molecule has 2 N–H and O–H groups in total. The normalized spacial score (nSPS) is 13.9. The molecule has 0 aliphatic carbocycles. The van der Waals surface area contributed by atoms with Crippen molar-refractivity contribution in [3.8, 4) is 0 Å². The number of guanidine groups is 1. The van der Waals surface area contributed by atoms with Crippen molar-refractivity contribution in [2.45, 2.75) is 46.1 Å². The Morgan fingerprint density at radius 1 is 1.36 bits per heavy atom. The van der Waals surface area contributed by atoms with Crippen LogP contribution in [0.1, 0.15) is 41.6 Å². The van der Waals surface area contributed by atoms with Crippen molar-refractivity contribution < 1.29 is 0 Å². The Morgan fingerprint density at radius 3 is 2.60 bits per heavy atom. The summed E-state index contributed by atoms with van der Waals surface area (Å²) >= 11 is 1.80. The summed E-state index contributed by atoms with van der Waals surface area (Å²) in [6.45, 7) is 9.49. The molecule has 2 heterocycles. The van der Waals surface area contributed by atoms with E-state index in [-0.39, 0.29) is 30.0 Å². The van der Waals surface area contributed by atoms with Crippen molar-refractivity contribution in [1.82, 2.24) is 20.4 Å². The lowest BCUT2D eigenvalue weighted by molar-refractivity contribution is 0.625. The van der Waals surface area contributed by atoms with E-state index in [4.69, 9.17) is 0 Å². The summed E-state index contributed by atoms with van der Waals surface area (Å²) < 4.78 is 1.95. The highest BCUT2D eigenvalue weighted by molar-refractivity contribution is 14.0. The highest BCUT2D eigenvalue weighted by Gasteiger charge is 2.14. The van der Waals surface area contributed by atoms with Gasteiger partial charge >= 0.3 is 0 Å². The number of thiophene rings is 1. The zero-order chi connectivity index (χ0) is 17.7. The van der Waals surface area contributed by atoms with E-state index in [1.54, 1.807) is 11.3 Å². The summed E-state index contributed by atoms with van der Waals surface area (Å²) in [7, 11) is 3.81. The summed E-state index contributed by atoms with van der Waals surface area (Å²) in [6, 6.07) is 4.57. The molecular weight excluding hydrogens is 445 g/mol. The summed E-state index contributed by atoms with van der Waals surface area (Å²) in [4.78, 5) is 5.75. The van der Waals surface area contributed by atoms with Crippen LogP contribution in [-0.4, -0.2) is 35.4 Å². The van der Waals surface area contributed by atoms with Crippen molar-refractivity contribution in [1.29, 1.82) is 0 Å². The molecule has 25 heavy (non-hydrogen) atoms. The van der Waals surface area contributed by atoms with E-state index in [9.17, 15) is 0 Å². The SMILES string of the molecule is CN=C(NCC(C)c1cccs1)NC(C)Cc1c(C)nn(C)c1C.I. The Balaban J connectivity index is 0.00000312. The minimum atomic E-state index is 0. The molecule has 0 bridgehead atoms. The lowest BCUT2D eigenvalue weighted by Gasteiger charge is -2.19. The second-order valence-corrected chi connectivity index (χ2v) is 7.37. The standard InChI is InChI=1S/C18H29N5S.HI/c1-12(17-8-7-9-24-17)11-20-18(19-5)21-13(2)10-16-14(3)22-23(6)15(16)4;/h7-9,12-13H,10-11H2,1-6H3,(H2,19,20,21);1H. The van der Waals surface area contributed by atoms with E-state index >= 15 is 0 Å². The fraction of sp³-hybridized carbons (Fsp3) is 0.556. The molecular formula is C18H30IN5S. The Labute approximate surface area is 172 Å². The quantitative estimate of drug-likeness (QED) is 0.381. The number of rotatable bonds is 6. The van der Waals surface area contributed by atoms with Gasteiger partial charge in [-0.3, -0.25) is 9.67 Å². The first-order chi connectivity index (χ1) is 11.4. The van der Waals surface area contributed by atoms with Gasteiger partial charge in [0.15, 0.2) is 5.96 Å². The molecule has 2 aromatic rings. The summed E-state index contributed by atoms with van der Waals surface area (Å²) in [5.74, 6) is 1.33. The molecule has 2 unspecified atom stereocenters. The third-order valence-corrected chi connectivity index (χ3v) is 5.48. The lowest BCUT2D eigenvalue weighted by atomic mass is 10.1. The average molecular weight is 475 g/mol. The summed E-state index contributed by atoms with van der Waals surface area (Å²) in [6.07, 6.45) is 0.937. The molecule has 5 nitrogen and oxygen atoms in total. The molecule has 0 radical (unpaired) electrons. The van der Waals surface area contributed by atoms with Crippen molar-refractivity contribution in [3.63, 3.8) is 0 Å². The minimum absolute atomic E-state index is 0. The van der Waals surface area contributed by atoms with E-state index in [1.165, 1.54) is 16.1 Å². The van der Waals surface area contributed by atoms with Gasteiger partial charge in [0.1, 0.15) is 0 Å². The van der Waals surface area contributed by atoms with Crippen LogP contribution in [0.2, 0.25) is 0 Å². The van der Waals surface area contributed by atoms with Gasteiger partial charge in [-0.05, 0) is 44.2 Å². The summed E-state index contributed by atoms with van der Waals surface area (Å²) in [5, 5.41) is 13.5. The van der Waals surface area contributed by atoms with Gasteiger partial charge in [-0.1, -0.05) is 13.0 Å². The number of aryl methyl sites for hydroxylation is 2. The molecule has 2 atom stereocenters. The number of nitrogens with one attached hydrogen (secondary N) is 2. The number of hydrogen-bond acceptors (Lipinski definition) is 3. The van der Waals surface area contributed by atoms with Crippen LogP contribution in [0, 0.1) is 13.8 Å². The molecule has 140 valence electrons. The largest absolute Gasteiger partial charge is 0.356 e. The third-order valence-electron chi connectivity index (χ3n) is 4.38. The monoisotopic (exact) mass is 475 g/mol. The van der Waals surface area contributed by atoms with Crippen molar-refractivity contribution >= 4 is 41.3 Å². The molecule has 0 aromatic carbocycles. The smallest absolute Gasteiger partial charge is 0.191 e. The van der Waals surface area contributed by atoms with Crippen LogP contribution in [0.25, 0.3) is 0 Å². The maximum absolute atomic E-state index is 4.50. The van der Waals surface area contributed by atoms with Crippen molar-refractivity contribution in [2.75, 3.05) is 13.6 Å². The van der Waals surface area contributed by atoms with Crippen LogP contribution in [0.4, 0.5) is 0 Å². The molecule has 7 heteroatoms. The highest BCUT2D eigenvalue weighted by Crippen LogP contribution is 2.19. The molecule has 0 saturated carbocycles. The van der Waals surface area contributed by atoms with E-state index in [0.717, 1.165) is 24.6 Å². The van der Waals surface area contributed by atoms with Crippen LogP contribution in [-0.2, 0) is 13.5 Å². The number of aromatic nitrogens is 2. The van der Waals surface area contributed by atoms with Gasteiger partial charge in [-0.2, -0.15) is 5.10 Å². The second kappa shape index (κ2) is 10.2. The molecule has 0 aliphatic heterocycles. The first-order valence-electron chi connectivity index (χ1n) is 8.42. The predicted octanol–water partition coefficient (Wildman–Crippen LogP) is 3.62. The minimum Gasteiger partial charge on any atom is -0.356 e. The van der Waals surface area contributed by atoms with E-state index < -0.39 is 0 Å². The maximum atomic E-state index is 4.50. The van der Waals surface area contributed by atoms with Gasteiger partial charge in [0, 0.05) is 43.2 Å². The average Bonchev–Trinajstić information content (AvgIpc) is 3.16. The molecule has 0 fully saturated rings. The lowest BCUT2D eigenvalue weighted by Crippen LogP contribution is -2.44. The van der Waals surface area contributed by atoms with Crippen LogP contribution in [0.15, 0.2) is 22.5 Å². The topological polar surface area (TPSA) is 54.2 Å². The molecule has 0 spiro atoms. The zero-order valence-electron chi connectivity index (χ0n) is 16.0. The van der Waals surface area contributed by atoms with Crippen LogP contribution in [0.5, 0.6) is 0 Å². The van der Waals surface area contributed by atoms with Crippen LogP contribution >= 0.6 is 35.3 Å². The molecule has 0 saturated heterocycles. The van der Waals surface area contributed by atoms with Crippen LogP contribution < -0.4 is 10.6 Å². The van der Waals surface area contributed by atoms with E-state index in [2.05, 4.69) is 65.9 Å². The Hall–Kier alpha value is -1.09. The summed E-state index contributed by atoms with van der Waals surface area (Å²) in [5.41, 5.74) is 3.66. The maximum Gasteiger partial charge on any atom is 0.191 e. The van der Waals surface area contributed by atoms with Gasteiger partial charge in [-0.25, -0.2) is 0 Å². The predicted molar refractivity (Wildman–Crippen MR) is 118 cm³/mol. The first-order valence-corrected chi connectivity index (χ1v) is 9.30. The van der Waals surface area contributed by atoms with Gasteiger partial charge in [0.2, 0.25) is 0 Å². The van der Waals surface area contributed by atoms with E-state index in [1.807, 2.05) is 18.8 Å². The Morgan fingerprint density at radius 2 is 2.08 bits per heavy atom. The van der Waals surface area contributed by atoms with Crippen molar-refractivity contribution in [3.05, 3.63) is 39.3 Å². The van der Waals surface area contributed by atoms with Crippen LogP contribution in [0.3, 0.4) is 0 Å². The molecule has 0 aliphatic rings. The zero-order valence-corrected chi connectivity index (χ0v) is 19.1. The second-order valence-electron chi connectivity index (χ2n) is 6.39. The Kier molecular flexibility index (Phi) is 8.92. The molecule has 2 rings (SSSR count). The van der Waals surface area contributed by atoms with E-state index in [0.29, 0.717) is 5.92 Å². The number of aliphatic imine (C=N–C) groups is 1. The van der Waals surface area contributed by atoms with Gasteiger partial charge in [0.05, 0.1) is 5.69 Å². The first kappa shape index (κ1) is 22.0. The molecule has 2 aromatic heterocycles. The third kappa shape index (κ3) is 5.99. The number of hydrogen-bond donors (Lipinski definition) is 2. The fourth-order valence-corrected chi connectivity index (χ4v) is 3.61.